The summed E-state index contributed by atoms with van der Waals surface area (Å²) >= 11 is 3.38. The van der Waals surface area contributed by atoms with Crippen LogP contribution >= 0.6 is 15.9 Å². The van der Waals surface area contributed by atoms with Crippen molar-refractivity contribution in [2.45, 2.75) is 44.2 Å². The minimum absolute atomic E-state index is 0.147. The summed E-state index contributed by atoms with van der Waals surface area (Å²) in [6, 6.07) is 14.2. The Balaban J connectivity index is 2.10. The maximum atomic E-state index is 12.6. The van der Waals surface area contributed by atoms with Crippen molar-refractivity contribution in [2.24, 2.45) is 0 Å². The molecule has 26 heavy (non-hydrogen) atoms. The van der Waals surface area contributed by atoms with Crippen molar-refractivity contribution in [1.29, 1.82) is 0 Å². The van der Waals surface area contributed by atoms with E-state index in [0.717, 1.165) is 10.0 Å². The molecule has 140 valence electrons. The van der Waals surface area contributed by atoms with Crippen molar-refractivity contribution in [3.8, 4) is 0 Å². The van der Waals surface area contributed by atoms with Gasteiger partial charge in [0.1, 0.15) is 0 Å². The number of carbonyl (C=O) groups excluding carboxylic acids is 1. The van der Waals surface area contributed by atoms with E-state index < -0.39 is 15.6 Å². The predicted octanol–water partition coefficient (Wildman–Crippen LogP) is 3.38. The highest BCUT2D eigenvalue weighted by Crippen LogP contribution is 2.18. The van der Waals surface area contributed by atoms with Gasteiger partial charge in [-0.05, 0) is 50.1 Å². The van der Waals surface area contributed by atoms with Crippen molar-refractivity contribution in [1.82, 2.24) is 10.0 Å². The molecule has 2 aromatic rings. The van der Waals surface area contributed by atoms with Crippen LogP contribution < -0.4 is 10.0 Å². The molecule has 2 rings (SSSR count). The number of sulfonamides is 1. The van der Waals surface area contributed by atoms with Gasteiger partial charge < -0.3 is 5.32 Å². The fourth-order valence-corrected chi connectivity index (χ4v) is 4.56. The van der Waals surface area contributed by atoms with E-state index >= 15 is 0 Å². The zero-order valence-electron chi connectivity index (χ0n) is 15.0. The molecule has 5 nitrogen and oxygen atoms in total. The topological polar surface area (TPSA) is 75.3 Å². The standard InChI is InChI=1S/C19H23BrN2O3S/c1-19(2,3)22-26(24,25)17-10-5-4-8-15(17)13-21-18(23)12-14-7-6-9-16(20)11-14/h4-11,22H,12-13H2,1-3H3,(H,21,23). The monoisotopic (exact) mass is 438 g/mol. The minimum Gasteiger partial charge on any atom is -0.352 e. The van der Waals surface area contributed by atoms with Gasteiger partial charge in [-0.3, -0.25) is 4.79 Å². The first-order valence-corrected chi connectivity index (χ1v) is 10.5. The van der Waals surface area contributed by atoms with E-state index in [2.05, 4.69) is 26.0 Å². The Morgan fingerprint density at radius 1 is 1.08 bits per heavy atom. The molecule has 2 N–H and O–H groups in total. The Morgan fingerprint density at radius 3 is 2.42 bits per heavy atom. The van der Waals surface area contributed by atoms with Gasteiger partial charge in [0.05, 0.1) is 11.3 Å². The Morgan fingerprint density at radius 2 is 1.77 bits per heavy atom. The lowest BCUT2D eigenvalue weighted by Gasteiger charge is -2.21. The highest BCUT2D eigenvalue weighted by Gasteiger charge is 2.24. The molecule has 0 bridgehead atoms. The number of halogens is 1. The van der Waals surface area contributed by atoms with Crippen molar-refractivity contribution in [3.05, 3.63) is 64.1 Å². The molecule has 0 aliphatic rings. The highest BCUT2D eigenvalue weighted by atomic mass is 79.9. The fraction of sp³-hybridized carbons (Fsp3) is 0.316. The maximum absolute atomic E-state index is 12.6. The van der Waals surface area contributed by atoms with E-state index in [1.54, 1.807) is 45.0 Å². The first kappa shape index (κ1) is 20.6. The molecule has 0 aromatic heterocycles. The lowest BCUT2D eigenvalue weighted by Crippen LogP contribution is -2.41. The van der Waals surface area contributed by atoms with Gasteiger partial charge in [-0.15, -0.1) is 0 Å². The molecule has 0 atom stereocenters. The van der Waals surface area contributed by atoms with Gasteiger partial charge in [-0.1, -0.05) is 46.3 Å². The number of hydrogen-bond acceptors (Lipinski definition) is 3. The van der Waals surface area contributed by atoms with Gasteiger partial charge in [0, 0.05) is 16.6 Å². The molecule has 0 heterocycles. The van der Waals surface area contributed by atoms with E-state index in [1.165, 1.54) is 0 Å². The quantitative estimate of drug-likeness (QED) is 0.725. The van der Waals surface area contributed by atoms with Crippen LogP contribution in [0.2, 0.25) is 0 Å². The van der Waals surface area contributed by atoms with Crippen molar-refractivity contribution in [3.63, 3.8) is 0 Å². The van der Waals surface area contributed by atoms with E-state index in [-0.39, 0.29) is 23.8 Å². The van der Waals surface area contributed by atoms with Gasteiger partial charge in [-0.25, -0.2) is 13.1 Å². The van der Waals surface area contributed by atoms with Crippen LogP contribution in [0.1, 0.15) is 31.9 Å². The molecule has 0 aliphatic heterocycles. The lowest BCUT2D eigenvalue weighted by atomic mass is 10.1. The first-order valence-electron chi connectivity index (χ1n) is 8.20. The zero-order chi connectivity index (χ0) is 19.4. The van der Waals surface area contributed by atoms with Crippen molar-refractivity contribution in [2.75, 3.05) is 0 Å². The van der Waals surface area contributed by atoms with Crippen LogP contribution in [-0.2, 0) is 27.8 Å². The third kappa shape index (κ3) is 6.23. The number of benzene rings is 2. The second kappa shape index (κ2) is 8.33. The molecule has 0 aliphatic carbocycles. The SMILES string of the molecule is CC(C)(C)NS(=O)(=O)c1ccccc1CNC(=O)Cc1cccc(Br)c1. The predicted molar refractivity (Wildman–Crippen MR) is 106 cm³/mol. The lowest BCUT2D eigenvalue weighted by molar-refractivity contribution is -0.120. The number of hydrogen-bond donors (Lipinski definition) is 2. The summed E-state index contributed by atoms with van der Waals surface area (Å²) in [4.78, 5) is 12.4. The minimum atomic E-state index is -3.67. The Labute approximate surface area is 163 Å². The van der Waals surface area contributed by atoms with Crippen molar-refractivity contribution < 1.29 is 13.2 Å². The molecule has 0 unspecified atom stereocenters. The smallest absolute Gasteiger partial charge is 0.241 e. The molecular formula is C19H23BrN2O3S. The number of rotatable bonds is 6. The largest absolute Gasteiger partial charge is 0.352 e. The van der Waals surface area contributed by atoms with Crippen LogP contribution in [0.3, 0.4) is 0 Å². The zero-order valence-corrected chi connectivity index (χ0v) is 17.4. The molecule has 1 amide bonds. The second-order valence-electron chi connectivity index (χ2n) is 7.05. The molecule has 2 aromatic carbocycles. The van der Waals surface area contributed by atoms with Crippen molar-refractivity contribution >= 4 is 31.9 Å². The second-order valence-corrected chi connectivity index (χ2v) is 9.61. The van der Waals surface area contributed by atoms with Crippen LogP contribution in [-0.4, -0.2) is 19.9 Å². The first-order chi connectivity index (χ1) is 12.1. The molecule has 0 spiro atoms. The fourth-order valence-electron chi connectivity index (χ4n) is 2.46. The average Bonchev–Trinajstić information content (AvgIpc) is 2.51. The highest BCUT2D eigenvalue weighted by molar-refractivity contribution is 9.10. The molecule has 0 fully saturated rings. The summed E-state index contributed by atoms with van der Waals surface area (Å²) in [6.45, 7) is 5.50. The maximum Gasteiger partial charge on any atom is 0.241 e. The van der Waals surface area contributed by atoms with Crippen LogP contribution in [0.15, 0.2) is 57.9 Å². The number of amides is 1. The average molecular weight is 439 g/mol. The summed E-state index contributed by atoms with van der Waals surface area (Å²) in [6.07, 6.45) is 0.231. The Hall–Kier alpha value is -1.70. The van der Waals surface area contributed by atoms with Crippen LogP contribution in [0.5, 0.6) is 0 Å². The number of carbonyl (C=O) groups is 1. The van der Waals surface area contributed by atoms with E-state index in [1.807, 2.05) is 24.3 Å². The van der Waals surface area contributed by atoms with Gasteiger partial charge in [0.15, 0.2) is 0 Å². The summed E-state index contributed by atoms with van der Waals surface area (Å²) < 4.78 is 28.8. The molecule has 0 saturated carbocycles. The van der Waals surface area contributed by atoms with Gasteiger partial charge >= 0.3 is 0 Å². The van der Waals surface area contributed by atoms with E-state index in [0.29, 0.717) is 5.56 Å². The molecule has 7 heteroatoms. The van der Waals surface area contributed by atoms with Crippen LogP contribution in [0.4, 0.5) is 0 Å². The van der Waals surface area contributed by atoms with Crippen LogP contribution in [0.25, 0.3) is 0 Å². The molecule has 0 saturated heterocycles. The summed E-state index contributed by atoms with van der Waals surface area (Å²) in [5.41, 5.74) is 0.842. The van der Waals surface area contributed by atoms with E-state index in [9.17, 15) is 13.2 Å². The Bertz CT molecular complexity index is 890. The number of nitrogens with one attached hydrogen (secondary N) is 2. The third-order valence-electron chi connectivity index (χ3n) is 3.43. The van der Waals surface area contributed by atoms with Gasteiger partial charge in [0.25, 0.3) is 0 Å². The molecule has 0 radical (unpaired) electrons. The van der Waals surface area contributed by atoms with Crippen LogP contribution in [0, 0.1) is 0 Å². The van der Waals surface area contributed by atoms with Gasteiger partial charge in [0.2, 0.25) is 15.9 Å². The summed E-state index contributed by atoms with van der Waals surface area (Å²) in [5, 5.41) is 2.80. The third-order valence-corrected chi connectivity index (χ3v) is 5.78. The van der Waals surface area contributed by atoms with E-state index in [4.69, 9.17) is 0 Å². The van der Waals surface area contributed by atoms with Gasteiger partial charge in [-0.2, -0.15) is 0 Å². The molecular weight excluding hydrogens is 416 g/mol. The Kier molecular flexibility index (Phi) is 6.60. The summed E-state index contributed by atoms with van der Waals surface area (Å²) in [5.74, 6) is -0.168. The normalized spacial score (nSPS) is 12.0. The summed E-state index contributed by atoms with van der Waals surface area (Å²) in [7, 11) is -3.67.